The van der Waals surface area contributed by atoms with Crippen LogP contribution in [-0.2, 0) is 9.59 Å². The molecule has 1 aromatic carbocycles. The number of benzene rings is 1. The van der Waals surface area contributed by atoms with Crippen LogP contribution in [-0.4, -0.2) is 43.0 Å². The van der Waals surface area contributed by atoms with Crippen LogP contribution in [0.4, 0.5) is 0 Å². The van der Waals surface area contributed by atoms with Gasteiger partial charge >= 0.3 is 0 Å². The smallest absolute Gasteiger partial charge is 0.226 e. The Labute approximate surface area is 122 Å². The minimum absolute atomic E-state index is 0.00327. The Morgan fingerprint density at radius 3 is 3.05 bits per heavy atom. The molecule has 0 bridgehead atoms. The summed E-state index contributed by atoms with van der Waals surface area (Å²) in [5.41, 5.74) is 0. The van der Waals surface area contributed by atoms with Crippen LogP contribution < -0.4 is 10.1 Å². The summed E-state index contributed by atoms with van der Waals surface area (Å²) in [4.78, 5) is 24.9. The highest BCUT2D eigenvalue weighted by molar-refractivity contribution is 6.30. The van der Waals surface area contributed by atoms with Gasteiger partial charge in [-0.2, -0.15) is 0 Å². The van der Waals surface area contributed by atoms with Gasteiger partial charge < -0.3 is 15.0 Å². The van der Waals surface area contributed by atoms with Crippen LogP contribution in [0.2, 0.25) is 5.02 Å². The van der Waals surface area contributed by atoms with Gasteiger partial charge in [0, 0.05) is 31.1 Å². The molecule has 6 heteroatoms. The highest BCUT2D eigenvalue weighted by Crippen LogP contribution is 2.17. The number of halogens is 1. The van der Waals surface area contributed by atoms with Gasteiger partial charge in [0.25, 0.3) is 0 Å². The molecule has 1 N–H and O–H groups in total. The molecule has 1 aromatic rings. The van der Waals surface area contributed by atoms with Gasteiger partial charge in [-0.3, -0.25) is 9.59 Å². The lowest BCUT2D eigenvalue weighted by atomic mass is 10.3. The number of amides is 2. The Balaban J connectivity index is 1.76. The zero-order valence-corrected chi connectivity index (χ0v) is 11.9. The monoisotopic (exact) mass is 296 g/mol. The maximum atomic E-state index is 12.0. The number of carbonyl (C=O) groups is 2. The lowest BCUT2D eigenvalue weighted by Crippen LogP contribution is -2.34. The summed E-state index contributed by atoms with van der Waals surface area (Å²) in [5.74, 6) is 0.650. The molecule has 0 radical (unpaired) electrons. The molecular formula is C14H17ClN2O3. The van der Waals surface area contributed by atoms with Gasteiger partial charge in [-0.1, -0.05) is 17.7 Å². The lowest BCUT2D eigenvalue weighted by molar-refractivity contribution is -0.131. The Morgan fingerprint density at radius 1 is 1.40 bits per heavy atom. The average Bonchev–Trinajstić information content (AvgIpc) is 2.63. The normalized spacial score (nSPS) is 15.4. The Kier molecular flexibility index (Phi) is 5.24. The number of carbonyl (C=O) groups excluding carboxylic acids is 2. The van der Waals surface area contributed by atoms with Crippen LogP contribution >= 0.6 is 11.6 Å². The molecule has 0 unspecified atom stereocenters. The zero-order chi connectivity index (χ0) is 14.4. The largest absolute Gasteiger partial charge is 0.493 e. The summed E-state index contributed by atoms with van der Waals surface area (Å²) in [7, 11) is 0. The zero-order valence-electron chi connectivity index (χ0n) is 11.1. The van der Waals surface area contributed by atoms with Crippen molar-refractivity contribution in [2.24, 2.45) is 0 Å². The van der Waals surface area contributed by atoms with Gasteiger partial charge in [0.1, 0.15) is 5.75 Å². The van der Waals surface area contributed by atoms with E-state index in [-0.39, 0.29) is 11.8 Å². The fraction of sp³-hybridized carbons (Fsp3) is 0.429. The van der Waals surface area contributed by atoms with Crippen LogP contribution in [0.3, 0.4) is 0 Å². The van der Waals surface area contributed by atoms with E-state index in [4.69, 9.17) is 16.3 Å². The number of hydrogen-bond acceptors (Lipinski definition) is 3. The van der Waals surface area contributed by atoms with E-state index in [0.717, 1.165) is 0 Å². The Morgan fingerprint density at radius 2 is 2.25 bits per heavy atom. The van der Waals surface area contributed by atoms with Crippen LogP contribution in [0.5, 0.6) is 5.75 Å². The van der Waals surface area contributed by atoms with E-state index in [1.54, 1.807) is 29.2 Å². The number of hydrogen-bond donors (Lipinski definition) is 1. The van der Waals surface area contributed by atoms with E-state index >= 15 is 0 Å². The first kappa shape index (κ1) is 14.7. The fourth-order valence-electron chi connectivity index (χ4n) is 1.99. The third-order valence-electron chi connectivity index (χ3n) is 3.05. The van der Waals surface area contributed by atoms with Gasteiger partial charge in [0.05, 0.1) is 13.0 Å². The molecule has 0 aromatic heterocycles. The minimum Gasteiger partial charge on any atom is -0.493 e. The topological polar surface area (TPSA) is 58.6 Å². The first-order valence-corrected chi connectivity index (χ1v) is 6.96. The molecule has 1 aliphatic heterocycles. The standard InChI is InChI=1S/C14H17ClN2O3/c15-11-2-1-3-12(10-11)20-9-5-14(19)17-7-4-13(18)16-6-8-17/h1-3,10H,4-9H2,(H,16,18). The first-order chi connectivity index (χ1) is 9.65. The fourth-order valence-corrected chi connectivity index (χ4v) is 2.17. The van der Waals surface area contributed by atoms with E-state index in [1.165, 1.54) is 0 Å². The molecule has 2 amide bonds. The molecule has 2 rings (SSSR count). The van der Waals surface area contributed by atoms with Crippen molar-refractivity contribution in [2.45, 2.75) is 12.8 Å². The summed E-state index contributed by atoms with van der Waals surface area (Å²) >= 11 is 5.85. The van der Waals surface area contributed by atoms with Crippen molar-refractivity contribution >= 4 is 23.4 Å². The van der Waals surface area contributed by atoms with E-state index in [0.29, 0.717) is 49.9 Å². The van der Waals surface area contributed by atoms with Crippen molar-refractivity contribution in [1.29, 1.82) is 0 Å². The summed E-state index contributed by atoms with van der Waals surface area (Å²) in [6, 6.07) is 7.07. The molecule has 1 aliphatic rings. The molecule has 0 aliphatic carbocycles. The van der Waals surface area contributed by atoms with Crippen molar-refractivity contribution in [1.82, 2.24) is 10.2 Å². The summed E-state index contributed by atoms with van der Waals surface area (Å²) in [5, 5.41) is 3.34. The van der Waals surface area contributed by atoms with Crippen LogP contribution in [0.15, 0.2) is 24.3 Å². The number of nitrogens with one attached hydrogen (secondary N) is 1. The van der Waals surface area contributed by atoms with Crippen LogP contribution in [0, 0.1) is 0 Å². The van der Waals surface area contributed by atoms with Crippen molar-refractivity contribution in [3.63, 3.8) is 0 Å². The van der Waals surface area contributed by atoms with E-state index in [9.17, 15) is 9.59 Å². The quantitative estimate of drug-likeness (QED) is 0.915. The molecule has 20 heavy (non-hydrogen) atoms. The third-order valence-corrected chi connectivity index (χ3v) is 3.28. The van der Waals surface area contributed by atoms with Crippen molar-refractivity contribution in [3.05, 3.63) is 29.3 Å². The lowest BCUT2D eigenvalue weighted by Gasteiger charge is -2.19. The third kappa shape index (κ3) is 4.42. The maximum Gasteiger partial charge on any atom is 0.226 e. The second-order valence-corrected chi connectivity index (χ2v) is 4.97. The maximum absolute atomic E-state index is 12.0. The van der Waals surface area contributed by atoms with Gasteiger partial charge in [-0.05, 0) is 18.2 Å². The Hall–Kier alpha value is -1.75. The summed E-state index contributed by atoms with van der Waals surface area (Å²) in [6.07, 6.45) is 0.654. The molecular weight excluding hydrogens is 280 g/mol. The van der Waals surface area contributed by atoms with Crippen LogP contribution in [0.1, 0.15) is 12.8 Å². The van der Waals surface area contributed by atoms with Crippen molar-refractivity contribution < 1.29 is 14.3 Å². The molecule has 1 saturated heterocycles. The SMILES string of the molecule is O=C1CCN(C(=O)CCOc2cccc(Cl)c2)CCN1. The Bertz CT molecular complexity index is 493. The second-order valence-electron chi connectivity index (χ2n) is 4.54. The molecule has 1 fully saturated rings. The first-order valence-electron chi connectivity index (χ1n) is 6.58. The predicted octanol–water partition coefficient (Wildman–Crippen LogP) is 1.46. The number of rotatable bonds is 4. The van der Waals surface area contributed by atoms with Gasteiger partial charge in [-0.25, -0.2) is 0 Å². The number of ether oxygens (including phenoxy) is 1. The predicted molar refractivity (Wildman–Crippen MR) is 75.8 cm³/mol. The molecule has 5 nitrogen and oxygen atoms in total. The highest BCUT2D eigenvalue weighted by Gasteiger charge is 2.17. The molecule has 1 heterocycles. The van der Waals surface area contributed by atoms with Gasteiger partial charge in [0.2, 0.25) is 11.8 Å². The van der Waals surface area contributed by atoms with Crippen molar-refractivity contribution in [2.75, 3.05) is 26.2 Å². The molecule has 0 atom stereocenters. The van der Waals surface area contributed by atoms with Crippen molar-refractivity contribution in [3.8, 4) is 5.75 Å². The summed E-state index contributed by atoms with van der Waals surface area (Å²) < 4.78 is 5.49. The molecule has 0 spiro atoms. The number of nitrogens with zero attached hydrogens (tertiary/aromatic N) is 1. The highest BCUT2D eigenvalue weighted by atomic mass is 35.5. The van der Waals surface area contributed by atoms with E-state index in [1.807, 2.05) is 0 Å². The minimum atomic E-state index is -0.00419. The van der Waals surface area contributed by atoms with Crippen LogP contribution in [0.25, 0.3) is 0 Å². The van der Waals surface area contributed by atoms with Gasteiger partial charge in [0.15, 0.2) is 0 Å². The molecule has 0 saturated carbocycles. The summed E-state index contributed by atoms with van der Waals surface area (Å²) in [6.45, 7) is 1.85. The average molecular weight is 297 g/mol. The van der Waals surface area contributed by atoms with E-state index < -0.39 is 0 Å². The van der Waals surface area contributed by atoms with E-state index in [2.05, 4.69) is 5.32 Å². The van der Waals surface area contributed by atoms with Gasteiger partial charge in [-0.15, -0.1) is 0 Å². The molecule has 108 valence electrons. The second kappa shape index (κ2) is 7.14.